The molecule has 118 valence electrons. The number of nitrogens with zero attached hydrogens (tertiary/aromatic N) is 2. The average molecular weight is 377 g/mol. The second-order valence-corrected chi connectivity index (χ2v) is 7.91. The number of hydrogen-bond acceptors (Lipinski definition) is 4. The maximum atomic E-state index is 12.4. The molecule has 1 aliphatic rings. The van der Waals surface area contributed by atoms with E-state index in [-0.39, 0.29) is 0 Å². The molecule has 1 aliphatic heterocycles. The molecule has 2 N–H and O–H groups in total. The van der Waals surface area contributed by atoms with E-state index in [0.717, 1.165) is 29.4 Å². The van der Waals surface area contributed by atoms with Crippen molar-refractivity contribution in [2.24, 2.45) is 5.92 Å². The van der Waals surface area contributed by atoms with Gasteiger partial charge in [-0.3, -0.25) is 4.72 Å². The monoisotopic (exact) mass is 376 g/mol. The van der Waals surface area contributed by atoms with Gasteiger partial charge in [0.25, 0.3) is 0 Å². The minimum atomic E-state index is -3.52. The van der Waals surface area contributed by atoms with Crippen LogP contribution < -0.4 is 10.0 Å². The summed E-state index contributed by atoms with van der Waals surface area (Å²) in [4.78, 5) is 4.13. The fraction of sp³-hybridized carbons (Fsp3) is 0.615. The Morgan fingerprint density at radius 2 is 2.10 bits per heavy atom. The Hall–Kier alpha value is -0.700. The van der Waals surface area contributed by atoms with Crippen molar-refractivity contribution in [1.82, 2.24) is 14.6 Å². The van der Waals surface area contributed by atoms with Crippen molar-refractivity contribution >= 4 is 32.0 Å². The summed E-state index contributed by atoms with van der Waals surface area (Å²) in [7, 11) is -1.60. The van der Waals surface area contributed by atoms with Gasteiger partial charge in [0, 0.05) is 23.8 Å². The average Bonchev–Trinajstić information content (AvgIpc) is 2.43. The number of aromatic nitrogens is 1. The number of nitrogens with one attached hydrogen (secondary N) is 2. The number of hydrogen-bond donors (Lipinski definition) is 2. The topological polar surface area (TPSA) is 74.3 Å². The number of pyridine rings is 1. The fourth-order valence-electron chi connectivity index (χ4n) is 2.48. The molecular weight excluding hydrogens is 356 g/mol. The highest BCUT2D eigenvalue weighted by Crippen LogP contribution is 2.22. The van der Waals surface area contributed by atoms with Crippen molar-refractivity contribution < 1.29 is 8.42 Å². The van der Waals surface area contributed by atoms with E-state index in [4.69, 9.17) is 0 Å². The molecule has 0 unspecified atom stereocenters. The summed E-state index contributed by atoms with van der Waals surface area (Å²) in [6, 6.07) is 1.84. The molecule has 1 saturated heterocycles. The molecule has 1 fully saturated rings. The molecule has 0 aromatic carbocycles. The van der Waals surface area contributed by atoms with E-state index in [1.807, 2.05) is 20.0 Å². The first kappa shape index (κ1) is 16.7. The lowest BCUT2D eigenvalue weighted by Crippen LogP contribution is -2.43. The summed E-state index contributed by atoms with van der Waals surface area (Å²) in [5.41, 5.74) is 0.790. The lowest BCUT2D eigenvalue weighted by atomic mass is 9.98. The number of rotatable bonds is 5. The predicted molar refractivity (Wildman–Crippen MR) is 87.4 cm³/mol. The standard InChI is InChI=1S/C13H21BrN4O2S/c1-10-7-12(14)9-16-13(10)17-21(19,20)18-5-3-11(4-6-18)8-15-2/h7,9,11,15H,3-6,8H2,1-2H3,(H,16,17). The lowest BCUT2D eigenvalue weighted by molar-refractivity contribution is 0.272. The van der Waals surface area contributed by atoms with Crippen LogP contribution in [0.3, 0.4) is 0 Å². The zero-order valence-electron chi connectivity index (χ0n) is 12.3. The first-order valence-electron chi connectivity index (χ1n) is 6.97. The van der Waals surface area contributed by atoms with Crippen LogP contribution in [0.25, 0.3) is 0 Å². The van der Waals surface area contributed by atoms with Gasteiger partial charge in [0.15, 0.2) is 0 Å². The Morgan fingerprint density at radius 3 is 2.67 bits per heavy atom. The molecule has 2 rings (SSSR count). The molecule has 8 heteroatoms. The number of halogens is 1. The highest BCUT2D eigenvalue weighted by atomic mass is 79.9. The summed E-state index contributed by atoms with van der Waals surface area (Å²) in [6.45, 7) is 3.87. The Bertz CT molecular complexity index is 586. The van der Waals surface area contributed by atoms with Gasteiger partial charge >= 0.3 is 10.2 Å². The van der Waals surface area contributed by atoms with Crippen molar-refractivity contribution in [3.63, 3.8) is 0 Å². The second-order valence-electron chi connectivity index (χ2n) is 5.33. The van der Waals surface area contributed by atoms with Gasteiger partial charge in [0.05, 0.1) is 0 Å². The van der Waals surface area contributed by atoms with Gasteiger partial charge < -0.3 is 5.32 Å². The molecule has 1 aromatic rings. The Morgan fingerprint density at radius 1 is 1.43 bits per heavy atom. The summed E-state index contributed by atoms with van der Waals surface area (Å²) in [6.07, 6.45) is 3.35. The highest BCUT2D eigenvalue weighted by Gasteiger charge is 2.28. The summed E-state index contributed by atoms with van der Waals surface area (Å²) >= 11 is 3.32. The van der Waals surface area contributed by atoms with Crippen molar-refractivity contribution in [2.75, 3.05) is 31.4 Å². The van der Waals surface area contributed by atoms with Crippen LogP contribution in [0.1, 0.15) is 18.4 Å². The Kier molecular flexibility index (Phi) is 5.59. The molecule has 6 nitrogen and oxygen atoms in total. The zero-order chi connectivity index (χ0) is 15.5. The Labute approximate surface area is 134 Å². The molecule has 0 radical (unpaired) electrons. The second kappa shape index (κ2) is 7.04. The SMILES string of the molecule is CNCC1CCN(S(=O)(=O)Nc2ncc(Br)cc2C)CC1. The van der Waals surface area contributed by atoms with Crippen LogP contribution in [0.15, 0.2) is 16.7 Å². The fourth-order valence-corrected chi connectivity index (χ4v) is 4.20. The molecule has 0 atom stereocenters. The van der Waals surface area contributed by atoms with Crippen LogP contribution >= 0.6 is 15.9 Å². The molecule has 1 aromatic heterocycles. The van der Waals surface area contributed by atoms with Gasteiger partial charge in [0.2, 0.25) is 0 Å². The van der Waals surface area contributed by atoms with E-state index < -0.39 is 10.2 Å². The molecule has 0 bridgehead atoms. The largest absolute Gasteiger partial charge is 0.319 e. The van der Waals surface area contributed by atoms with Crippen molar-refractivity contribution in [3.05, 3.63) is 22.3 Å². The lowest BCUT2D eigenvalue weighted by Gasteiger charge is -2.31. The van der Waals surface area contributed by atoms with Gasteiger partial charge in [-0.1, -0.05) is 0 Å². The normalized spacial score (nSPS) is 17.9. The minimum absolute atomic E-state index is 0.385. The van der Waals surface area contributed by atoms with Crippen LogP contribution in [0.5, 0.6) is 0 Å². The van der Waals surface area contributed by atoms with Crippen LogP contribution in [0.4, 0.5) is 5.82 Å². The summed E-state index contributed by atoms with van der Waals surface area (Å²) in [5.74, 6) is 0.935. The Balaban J connectivity index is 2.02. The van der Waals surface area contributed by atoms with Crippen LogP contribution in [0.2, 0.25) is 0 Å². The van der Waals surface area contributed by atoms with Gasteiger partial charge in [-0.15, -0.1) is 0 Å². The third-order valence-electron chi connectivity index (χ3n) is 3.68. The molecule has 0 spiro atoms. The molecule has 0 amide bonds. The molecule has 0 saturated carbocycles. The van der Waals surface area contributed by atoms with E-state index in [1.54, 1.807) is 6.20 Å². The van der Waals surface area contributed by atoms with Crippen LogP contribution in [-0.2, 0) is 10.2 Å². The molecule has 2 heterocycles. The van der Waals surface area contributed by atoms with Gasteiger partial charge in [-0.25, -0.2) is 4.98 Å². The summed E-state index contributed by atoms with van der Waals surface area (Å²) in [5, 5.41) is 3.15. The highest BCUT2D eigenvalue weighted by molar-refractivity contribution is 9.10. The first-order chi connectivity index (χ1) is 9.92. The number of anilines is 1. The third kappa shape index (κ3) is 4.38. The maximum absolute atomic E-state index is 12.4. The van der Waals surface area contributed by atoms with E-state index >= 15 is 0 Å². The van der Waals surface area contributed by atoms with Crippen LogP contribution in [0, 0.1) is 12.8 Å². The number of piperidine rings is 1. The van der Waals surface area contributed by atoms with Gasteiger partial charge in [-0.2, -0.15) is 12.7 Å². The van der Waals surface area contributed by atoms with Crippen molar-refractivity contribution in [3.8, 4) is 0 Å². The predicted octanol–water partition coefficient (Wildman–Crippen LogP) is 1.74. The van der Waals surface area contributed by atoms with Crippen molar-refractivity contribution in [1.29, 1.82) is 0 Å². The molecular formula is C13H21BrN4O2S. The smallest absolute Gasteiger partial charge is 0.302 e. The van der Waals surface area contributed by atoms with Gasteiger partial charge in [0.1, 0.15) is 5.82 Å². The number of aryl methyl sites for hydroxylation is 1. The minimum Gasteiger partial charge on any atom is -0.319 e. The van der Waals surface area contributed by atoms with Crippen molar-refractivity contribution in [2.45, 2.75) is 19.8 Å². The maximum Gasteiger partial charge on any atom is 0.302 e. The van der Waals surface area contributed by atoms with E-state index in [1.165, 1.54) is 4.31 Å². The molecule has 21 heavy (non-hydrogen) atoms. The quantitative estimate of drug-likeness (QED) is 0.820. The summed E-state index contributed by atoms with van der Waals surface area (Å²) < 4.78 is 29.7. The van der Waals surface area contributed by atoms with Gasteiger partial charge in [-0.05, 0) is 66.8 Å². The van der Waals surface area contributed by atoms with E-state index in [9.17, 15) is 8.42 Å². The third-order valence-corrected chi connectivity index (χ3v) is 5.61. The molecule has 0 aliphatic carbocycles. The van der Waals surface area contributed by atoms with E-state index in [0.29, 0.717) is 24.8 Å². The van der Waals surface area contributed by atoms with E-state index in [2.05, 4.69) is 31.0 Å². The zero-order valence-corrected chi connectivity index (χ0v) is 14.7. The first-order valence-corrected chi connectivity index (χ1v) is 9.20. The van der Waals surface area contributed by atoms with Crippen LogP contribution in [-0.4, -0.2) is 44.4 Å².